The second-order valence-corrected chi connectivity index (χ2v) is 7.44. The van der Waals surface area contributed by atoms with Crippen LogP contribution >= 0.6 is 0 Å². The summed E-state index contributed by atoms with van der Waals surface area (Å²) in [5.74, 6) is 1.55. The molecular formula is C17H27N5O. The largest absolute Gasteiger partial charge is 0.338 e. The van der Waals surface area contributed by atoms with Gasteiger partial charge in [0.1, 0.15) is 12.2 Å². The lowest BCUT2D eigenvalue weighted by Crippen LogP contribution is -2.41. The third kappa shape index (κ3) is 2.89. The molecule has 0 saturated carbocycles. The fourth-order valence-electron chi connectivity index (χ4n) is 4.56. The van der Waals surface area contributed by atoms with Crippen molar-refractivity contribution in [2.45, 2.75) is 64.1 Å². The van der Waals surface area contributed by atoms with Gasteiger partial charge < -0.3 is 9.47 Å². The molecule has 3 atom stereocenters. The molecule has 2 saturated heterocycles. The molecule has 3 aliphatic heterocycles. The predicted molar refractivity (Wildman–Crippen MR) is 86.8 cm³/mol. The number of aryl methyl sites for hydroxylation is 2. The van der Waals surface area contributed by atoms with Crippen molar-refractivity contribution < 1.29 is 4.79 Å². The zero-order chi connectivity index (χ0) is 15.8. The smallest absolute Gasteiger partial charge is 0.226 e. The Kier molecular flexibility index (Phi) is 4.09. The van der Waals surface area contributed by atoms with Crippen LogP contribution in [0.5, 0.6) is 0 Å². The molecule has 0 bridgehead atoms. The Morgan fingerprint density at radius 2 is 2.04 bits per heavy atom. The Balaban J connectivity index is 1.39. The maximum absolute atomic E-state index is 13.1. The summed E-state index contributed by atoms with van der Waals surface area (Å²) in [6, 6.07) is 0.969. The number of carbonyl (C=O) groups excluding carboxylic acids is 1. The minimum Gasteiger partial charge on any atom is -0.338 e. The van der Waals surface area contributed by atoms with Gasteiger partial charge in [-0.3, -0.25) is 9.69 Å². The number of hydrogen-bond acceptors (Lipinski definition) is 4. The summed E-state index contributed by atoms with van der Waals surface area (Å²) in [6.45, 7) is 6.46. The molecule has 126 valence electrons. The predicted octanol–water partition coefficient (Wildman–Crippen LogP) is 1.32. The summed E-state index contributed by atoms with van der Waals surface area (Å²) in [4.78, 5) is 17.8. The van der Waals surface area contributed by atoms with Crippen LogP contribution in [0.1, 0.15) is 44.9 Å². The van der Waals surface area contributed by atoms with Crippen LogP contribution in [0.3, 0.4) is 0 Å². The highest BCUT2D eigenvalue weighted by molar-refractivity contribution is 5.79. The zero-order valence-corrected chi connectivity index (χ0v) is 14.0. The van der Waals surface area contributed by atoms with Crippen LogP contribution in [0.4, 0.5) is 0 Å². The first kappa shape index (κ1) is 15.1. The lowest BCUT2D eigenvalue weighted by molar-refractivity contribution is -0.136. The van der Waals surface area contributed by atoms with Gasteiger partial charge in [-0.1, -0.05) is 0 Å². The van der Waals surface area contributed by atoms with Gasteiger partial charge >= 0.3 is 0 Å². The summed E-state index contributed by atoms with van der Waals surface area (Å²) >= 11 is 0. The van der Waals surface area contributed by atoms with E-state index in [-0.39, 0.29) is 5.92 Å². The van der Waals surface area contributed by atoms with E-state index in [1.54, 1.807) is 6.33 Å². The van der Waals surface area contributed by atoms with Gasteiger partial charge in [0, 0.05) is 37.5 Å². The van der Waals surface area contributed by atoms with E-state index in [1.807, 2.05) is 0 Å². The summed E-state index contributed by atoms with van der Waals surface area (Å²) < 4.78 is 2.10. The molecule has 0 N–H and O–H groups in total. The molecule has 2 fully saturated rings. The fraction of sp³-hybridized carbons (Fsp3) is 0.824. The molecule has 3 aliphatic rings. The van der Waals surface area contributed by atoms with Gasteiger partial charge in [-0.2, -0.15) is 0 Å². The number of fused-ring (bicyclic) bond motifs is 1. The molecule has 4 heterocycles. The van der Waals surface area contributed by atoms with E-state index in [2.05, 4.69) is 31.5 Å². The van der Waals surface area contributed by atoms with Crippen molar-refractivity contribution in [1.82, 2.24) is 24.6 Å². The normalized spacial score (nSPS) is 32.0. The van der Waals surface area contributed by atoms with E-state index in [9.17, 15) is 4.79 Å². The van der Waals surface area contributed by atoms with Gasteiger partial charge in [0.15, 0.2) is 0 Å². The number of rotatable bonds is 2. The van der Waals surface area contributed by atoms with Crippen LogP contribution in [0.15, 0.2) is 6.33 Å². The molecule has 1 aromatic rings. The minimum atomic E-state index is 0.150. The van der Waals surface area contributed by atoms with Gasteiger partial charge in [-0.15, -0.1) is 10.2 Å². The van der Waals surface area contributed by atoms with Crippen molar-refractivity contribution in [2.75, 3.05) is 19.6 Å². The highest BCUT2D eigenvalue weighted by Gasteiger charge is 2.38. The summed E-state index contributed by atoms with van der Waals surface area (Å²) in [5.41, 5.74) is 0. The maximum atomic E-state index is 13.1. The molecule has 0 aromatic carbocycles. The van der Waals surface area contributed by atoms with Crippen molar-refractivity contribution in [3.05, 3.63) is 12.2 Å². The average Bonchev–Trinajstić information content (AvgIpc) is 3.26. The van der Waals surface area contributed by atoms with E-state index in [4.69, 9.17) is 0 Å². The Bertz CT molecular complexity index is 543. The number of nitrogens with zero attached hydrogens (tertiary/aromatic N) is 5. The zero-order valence-electron chi connectivity index (χ0n) is 14.0. The Hall–Kier alpha value is -1.43. The minimum absolute atomic E-state index is 0.150. The average molecular weight is 317 g/mol. The van der Waals surface area contributed by atoms with Crippen molar-refractivity contribution in [3.63, 3.8) is 0 Å². The van der Waals surface area contributed by atoms with Crippen LogP contribution < -0.4 is 0 Å². The van der Waals surface area contributed by atoms with E-state index in [1.165, 1.54) is 25.9 Å². The van der Waals surface area contributed by atoms with Crippen LogP contribution in [0.2, 0.25) is 0 Å². The third-order valence-corrected chi connectivity index (χ3v) is 5.97. The molecule has 1 aromatic heterocycles. The Morgan fingerprint density at radius 3 is 2.87 bits per heavy atom. The summed E-state index contributed by atoms with van der Waals surface area (Å²) in [6.07, 6.45) is 8.28. The van der Waals surface area contributed by atoms with Crippen molar-refractivity contribution in [2.24, 2.45) is 5.92 Å². The van der Waals surface area contributed by atoms with Crippen LogP contribution in [0, 0.1) is 5.92 Å². The Labute approximate surface area is 137 Å². The number of aromatic nitrogens is 3. The van der Waals surface area contributed by atoms with Crippen LogP contribution in [-0.4, -0.2) is 62.2 Å². The summed E-state index contributed by atoms with van der Waals surface area (Å²) in [7, 11) is 0. The Morgan fingerprint density at radius 1 is 1.22 bits per heavy atom. The van der Waals surface area contributed by atoms with Crippen molar-refractivity contribution in [3.8, 4) is 0 Å². The first-order valence-corrected chi connectivity index (χ1v) is 9.13. The quantitative estimate of drug-likeness (QED) is 0.825. The first-order valence-electron chi connectivity index (χ1n) is 9.13. The van der Waals surface area contributed by atoms with Gasteiger partial charge in [-0.25, -0.2) is 0 Å². The standard InChI is InChI=1S/C17H27N5O/c1-13-10-15(20-7-2-3-8-20)11-22(13)17(23)14-4-5-16-19-18-12-21(16)9-6-14/h12-15H,2-11H2,1H3. The number of carbonyl (C=O) groups is 1. The number of amides is 1. The maximum Gasteiger partial charge on any atom is 0.226 e. The second kappa shape index (κ2) is 6.23. The molecular weight excluding hydrogens is 290 g/mol. The van der Waals surface area contributed by atoms with Gasteiger partial charge in [0.2, 0.25) is 5.91 Å². The lowest BCUT2D eigenvalue weighted by atomic mass is 9.98. The third-order valence-electron chi connectivity index (χ3n) is 5.97. The van der Waals surface area contributed by atoms with Gasteiger partial charge in [-0.05, 0) is 52.1 Å². The number of likely N-dealkylation sites (tertiary alicyclic amines) is 2. The molecule has 1 amide bonds. The molecule has 4 rings (SSSR count). The summed E-state index contributed by atoms with van der Waals surface area (Å²) in [5, 5.41) is 8.14. The van der Waals surface area contributed by atoms with Crippen molar-refractivity contribution in [1.29, 1.82) is 0 Å². The molecule has 0 radical (unpaired) electrons. The molecule has 6 heteroatoms. The fourth-order valence-corrected chi connectivity index (χ4v) is 4.56. The number of hydrogen-bond donors (Lipinski definition) is 0. The van der Waals surface area contributed by atoms with E-state index < -0.39 is 0 Å². The molecule has 0 aliphatic carbocycles. The molecule has 6 nitrogen and oxygen atoms in total. The SMILES string of the molecule is CC1CC(N2CCCC2)CN1C(=O)C1CCc2nncn2CC1. The monoisotopic (exact) mass is 317 g/mol. The van der Waals surface area contributed by atoms with Gasteiger partial charge in [0.25, 0.3) is 0 Å². The van der Waals surface area contributed by atoms with E-state index >= 15 is 0 Å². The molecule has 0 spiro atoms. The highest BCUT2D eigenvalue weighted by Crippen LogP contribution is 2.29. The van der Waals surface area contributed by atoms with Gasteiger partial charge in [0.05, 0.1) is 0 Å². The van der Waals surface area contributed by atoms with E-state index in [0.29, 0.717) is 18.0 Å². The lowest BCUT2D eigenvalue weighted by Gasteiger charge is -2.27. The molecule has 3 unspecified atom stereocenters. The highest BCUT2D eigenvalue weighted by atomic mass is 16.2. The van der Waals surface area contributed by atoms with E-state index in [0.717, 1.165) is 44.6 Å². The molecule has 23 heavy (non-hydrogen) atoms. The first-order chi connectivity index (χ1) is 11.2. The van der Waals surface area contributed by atoms with Crippen LogP contribution in [-0.2, 0) is 17.8 Å². The van der Waals surface area contributed by atoms with Crippen LogP contribution in [0.25, 0.3) is 0 Å². The second-order valence-electron chi connectivity index (χ2n) is 7.44. The topological polar surface area (TPSA) is 54.3 Å². The van der Waals surface area contributed by atoms with Crippen molar-refractivity contribution >= 4 is 5.91 Å².